The van der Waals surface area contributed by atoms with Gasteiger partial charge in [-0.25, -0.2) is 0 Å². The number of hydrogen-bond donors (Lipinski definition) is 0. The molecule has 1 aromatic carbocycles. The Morgan fingerprint density at radius 1 is 1.19 bits per heavy atom. The van der Waals surface area contributed by atoms with E-state index in [1.165, 1.54) is 11.1 Å². The fourth-order valence-electron chi connectivity index (χ4n) is 4.95. The number of benzene rings is 1. The van der Waals surface area contributed by atoms with Crippen LogP contribution in [0.2, 0.25) is 0 Å². The quantitative estimate of drug-likeness (QED) is 0.666. The molecular weight excluding hydrogens is 394 g/mol. The van der Waals surface area contributed by atoms with E-state index in [1.54, 1.807) is 14.2 Å². The van der Waals surface area contributed by atoms with Crippen LogP contribution in [0.25, 0.3) is 0 Å². The molecule has 0 aromatic heterocycles. The van der Waals surface area contributed by atoms with Gasteiger partial charge in [-0.3, -0.25) is 4.79 Å². The maximum Gasteiger partial charge on any atom is 0.164 e. The Kier molecular flexibility index (Phi) is 5.42. The van der Waals surface area contributed by atoms with Gasteiger partial charge in [0.05, 0.1) is 41.9 Å². The summed E-state index contributed by atoms with van der Waals surface area (Å²) >= 11 is 3.76. The third-order valence-electron chi connectivity index (χ3n) is 6.26. The summed E-state index contributed by atoms with van der Waals surface area (Å²) < 4.78 is 13.5. The molecule has 4 nitrogen and oxygen atoms in total. The van der Waals surface area contributed by atoms with Crippen molar-refractivity contribution in [1.82, 2.24) is 0 Å². The Balaban J connectivity index is 2.22. The summed E-state index contributed by atoms with van der Waals surface area (Å²) in [6.07, 6.45) is 5.51. The van der Waals surface area contributed by atoms with Crippen LogP contribution in [0, 0.1) is 5.92 Å². The third-order valence-corrected chi connectivity index (χ3v) is 6.97. The number of ether oxygens (including phenoxy) is 2. The summed E-state index contributed by atoms with van der Waals surface area (Å²) in [5, 5.41) is 0. The highest BCUT2D eigenvalue weighted by Crippen LogP contribution is 2.57. The molecule has 0 bridgehead atoms. The lowest BCUT2D eigenvalue weighted by Crippen LogP contribution is -2.49. The molecule has 0 aliphatic heterocycles. The van der Waals surface area contributed by atoms with Gasteiger partial charge in [-0.2, -0.15) is 0 Å². The van der Waals surface area contributed by atoms with E-state index in [1.807, 2.05) is 6.07 Å². The van der Waals surface area contributed by atoms with Crippen LogP contribution in [0.5, 0.6) is 11.5 Å². The Labute approximate surface area is 165 Å². The Bertz CT molecular complexity index is 710. The van der Waals surface area contributed by atoms with Crippen molar-refractivity contribution in [3.63, 3.8) is 0 Å². The van der Waals surface area contributed by atoms with E-state index >= 15 is 0 Å². The van der Waals surface area contributed by atoms with Crippen molar-refractivity contribution in [3.8, 4) is 11.5 Å². The second-order valence-electron chi connectivity index (χ2n) is 8.86. The Morgan fingerprint density at radius 2 is 1.88 bits per heavy atom. The van der Waals surface area contributed by atoms with Crippen molar-refractivity contribution in [2.24, 2.45) is 5.92 Å². The fraction of sp³-hybridized carbons (Fsp3) is 0.667. The Hall–Kier alpha value is -1.07. The van der Waals surface area contributed by atoms with Crippen LogP contribution in [0.15, 0.2) is 10.5 Å². The van der Waals surface area contributed by atoms with Gasteiger partial charge in [0.25, 0.3) is 0 Å². The molecule has 5 heteroatoms. The normalized spacial score (nSPS) is 25.5. The van der Waals surface area contributed by atoms with Crippen molar-refractivity contribution < 1.29 is 18.8 Å². The SMILES string of the molecule is COc1cc(Br)c2c(c1OC)C1(CC[N+](C)(C)C)CC(=O)CCC1CC2. The third kappa shape index (κ3) is 3.40. The molecule has 0 heterocycles. The van der Waals surface area contributed by atoms with Crippen LogP contribution < -0.4 is 9.47 Å². The largest absolute Gasteiger partial charge is 0.493 e. The van der Waals surface area contributed by atoms with Crippen LogP contribution in [0.3, 0.4) is 0 Å². The number of carbonyl (C=O) groups is 1. The zero-order chi connectivity index (χ0) is 19.1. The highest BCUT2D eigenvalue weighted by molar-refractivity contribution is 9.10. The second kappa shape index (κ2) is 7.16. The number of Topliss-reactive ketones (excluding diaryl/α,β-unsaturated/α-hetero) is 1. The first-order valence-corrected chi connectivity index (χ1v) is 10.3. The summed E-state index contributed by atoms with van der Waals surface area (Å²) in [4.78, 5) is 12.6. The minimum absolute atomic E-state index is 0.142. The zero-order valence-corrected chi connectivity index (χ0v) is 18.2. The lowest BCUT2D eigenvalue weighted by atomic mass is 9.55. The lowest BCUT2D eigenvalue weighted by molar-refractivity contribution is -0.871. The van der Waals surface area contributed by atoms with Gasteiger partial charge in [-0.05, 0) is 36.8 Å². The second-order valence-corrected chi connectivity index (χ2v) is 9.71. The smallest absolute Gasteiger partial charge is 0.164 e. The highest BCUT2D eigenvalue weighted by atomic mass is 79.9. The number of nitrogens with zero attached hydrogens (tertiary/aromatic N) is 1. The van der Waals surface area contributed by atoms with Crippen LogP contribution in [-0.4, -0.2) is 52.2 Å². The van der Waals surface area contributed by atoms with Gasteiger partial charge < -0.3 is 14.0 Å². The molecule has 1 saturated carbocycles. The summed E-state index contributed by atoms with van der Waals surface area (Å²) in [6.45, 7) is 1.03. The molecule has 2 aliphatic rings. The van der Waals surface area contributed by atoms with Gasteiger partial charge in [-0.1, -0.05) is 15.9 Å². The van der Waals surface area contributed by atoms with Crippen LogP contribution in [-0.2, 0) is 16.6 Å². The predicted octanol–water partition coefficient (Wildman–Crippen LogP) is 4.12. The van der Waals surface area contributed by atoms with Crippen molar-refractivity contribution >= 4 is 21.7 Å². The van der Waals surface area contributed by atoms with E-state index in [0.29, 0.717) is 18.1 Å². The van der Waals surface area contributed by atoms with Crippen molar-refractivity contribution in [2.45, 2.75) is 43.9 Å². The average molecular weight is 425 g/mol. The number of methoxy groups -OCH3 is 2. The molecule has 1 aromatic rings. The van der Waals surface area contributed by atoms with Crippen LogP contribution in [0.4, 0.5) is 0 Å². The van der Waals surface area contributed by atoms with E-state index < -0.39 is 0 Å². The van der Waals surface area contributed by atoms with Crippen LogP contribution >= 0.6 is 15.9 Å². The maximum atomic E-state index is 12.6. The monoisotopic (exact) mass is 424 g/mol. The molecule has 0 radical (unpaired) electrons. The van der Waals surface area contributed by atoms with E-state index in [2.05, 4.69) is 37.1 Å². The number of fused-ring (bicyclic) bond motifs is 3. The minimum atomic E-state index is -0.142. The van der Waals surface area contributed by atoms with Crippen LogP contribution in [0.1, 0.15) is 43.2 Å². The maximum absolute atomic E-state index is 12.6. The fourth-order valence-corrected chi connectivity index (χ4v) is 5.56. The lowest BCUT2D eigenvalue weighted by Gasteiger charge is -2.49. The van der Waals surface area contributed by atoms with Gasteiger partial charge in [0, 0.05) is 34.7 Å². The van der Waals surface area contributed by atoms with E-state index in [4.69, 9.17) is 9.47 Å². The molecule has 0 spiro atoms. The molecule has 0 N–H and O–H groups in total. The predicted molar refractivity (Wildman–Crippen MR) is 107 cm³/mol. The van der Waals surface area contributed by atoms with Gasteiger partial charge in [-0.15, -0.1) is 0 Å². The summed E-state index contributed by atoms with van der Waals surface area (Å²) in [5.41, 5.74) is 2.38. The molecule has 1 fully saturated rings. The Morgan fingerprint density at radius 3 is 2.50 bits per heavy atom. The first kappa shape index (κ1) is 19.7. The summed E-state index contributed by atoms with van der Waals surface area (Å²) in [6, 6.07) is 2.01. The molecule has 26 heavy (non-hydrogen) atoms. The van der Waals surface area contributed by atoms with Gasteiger partial charge in [0.2, 0.25) is 0 Å². The van der Waals surface area contributed by atoms with Crippen molar-refractivity contribution in [2.75, 3.05) is 41.9 Å². The van der Waals surface area contributed by atoms with E-state index in [0.717, 1.165) is 59.1 Å². The number of ketones is 1. The topological polar surface area (TPSA) is 35.5 Å². The molecule has 0 saturated heterocycles. The zero-order valence-electron chi connectivity index (χ0n) is 16.7. The number of rotatable bonds is 5. The van der Waals surface area contributed by atoms with Crippen molar-refractivity contribution in [3.05, 3.63) is 21.7 Å². The van der Waals surface area contributed by atoms with Gasteiger partial charge in [0.15, 0.2) is 11.5 Å². The molecule has 2 aliphatic carbocycles. The standard InChI is InChI=1S/C21H31BrNO3/c1-23(2,3)11-10-21-13-15(24)8-6-14(21)7-9-16-17(22)12-18(25-4)20(26-5)19(16)21/h12,14H,6-11,13H2,1-5H3/q+1. The minimum Gasteiger partial charge on any atom is -0.493 e. The van der Waals surface area contributed by atoms with Gasteiger partial charge in [0.1, 0.15) is 5.78 Å². The molecule has 3 rings (SSSR count). The average Bonchev–Trinajstić information content (AvgIpc) is 2.58. The van der Waals surface area contributed by atoms with E-state index in [9.17, 15) is 4.79 Å². The van der Waals surface area contributed by atoms with Gasteiger partial charge >= 0.3 is 0 Å². The molecular formula is C21H31BrNO3+. The molecule has 0 amide bonds. The number of hydrogen-bond acceptors (Lipinski definition) is 3. The molecule has 144 valence electrons. The highest BCUT2D eigenvalue weighted by Gasteiger charge is 2.51. The summed E-state index contributed by atoms with van der Waals surface area (Å²) in [7, 11) is 10.1. The summed E-state index contributed by atoms with van der Waals surface area (Å²) in [5.74, 6) is 2.50. The number of quaternary nitrogens is 1. The van der Waals surface area contributed by atoms with E-state index in [-0.39, 0.29) is 5.41 Å². The molecule has 2 atom stereocenters. The first-order chi connectivity index (χ1) is 12.2. The van der Waals surface area contributed by atoms with Crippen molar-refractivity contribution in [1.29, 1.82) is 0 Å². The number of halogens is 1. The molecule has 2 unspecified atom stereocenters. The number of carbonyl (C=O) groups excluding carboxylic acids is 1. The first-order valence-electron chi connectivity index (χ1n) is 9.48.